The number of Topliss-reactive ketones (excluding diaryl/α,β-unsaturated/α-hetero) is 1. The fourth-order valence-corrected chi connectivity index (χ4v) is 2.08. The van der Waals surface area contributed by atoms with Crippen molar-refractivity contribution in [2.45, 2.75) is 13.8 Å². The summed E-state index contributed by atoms with van der Waals surface area (Å²) in [5.41, 5.74) is -0.925. The van der Waals surface area contributed by atoms with Crippen molar-refractivity contribution in [1.82, 2.24) is 0 Å². The second-order valence-electron chi connectivity index (χ2n) is 4.98. The number of ketones is 1. The highest BCUT2D eigenvalue weighted by molar-refractivity contribution is 6.06. The van der Waals surface area contributed by atoms with Gasteiger partial charge in [0.15, 0.2) is 11.7 Å². The summed E-state index contributed by atoms with van der Waals surface area (Å²) in [6, 6.07) is 3.14. The zero-order chi connectivity index (χ0) is 18.6. The summed E-state index contributed by atoms with van der Waals surface area (Å²) in [6.45, 7) is 2.26. The van der Waals surface area contributed by atoms with E-state index in [1.807, 2.05) is 0 Å². The maximum absolute atomic E-state index is 12.3. The number of nitro groups is 1. The first-order chi connectivity index (χ1) is 11.1. The summed E-state index contributed by atoms with van der Waals surface area (Å²) in [4.78, 5) is 55.5. The van der Waals surface area contributed by atoms with Crippen LogP contribution in [-0.2, 0) is 14.4 Å². The summed E-state index contributed by atoms with van der Waals surface area (Å²) < 4.78 is 0. The summed E-state index contributed by atoms with van der Waals surface area (Å²) in [5.74, 6) is -8.22. The number of anilines is 1. The number of amides is 1. The number of carboxylic acid groups (broad SMARTS) is 2. The Kier molecular flexibility index (Phi) is 5.71. The molecule has 24 heavy (non-hydrogen) atoms. The van der Waals surface area contributed by atoms with E-state index in [0.29, 0.717) is 0 Å². The number of hydrogen-bond acceptors (Lipinski definition) is 6. The third-order valence-corrected chi connectivity index (χ3v) is 3.24. The number of nitro benzene ring substituents is 1. The van der Waals surface area contributed by atoms with Crippen LogP contribution in [0.15, 0.2) is 18.2 Å². The smallest absolute Gasteiger partial charge is 0.318 e. The number of carboxylic acids is 2. The monoisotopic (exact) mass is 338 g/mol. The summed E-state index contributed by atoms with van der Waals surface area (Å²) >= 11 is 0. The third kappa shape index (κ3) is 4.12. The van der Waals surface area contributed by atoms with Crippen LogP contribution in [0.25, 0.3) is 0 Å². The predicted molar refractivity (Wildman–Crippen MR) is 79.7 cm³/mol. The second-order valence-corrected chi connectivity index (χ2v) is 4.98. The standard InChI is InChI=1S/C14H14N2O8/c1-6(11(13(19)20)14(21)22)12(18)8-3-4-9(15-7(2)17)10(5-8)16(23)24/h3-6,11H,1-2H3,(H,15,17)(H,19,20)(H,21,22). The number of nitrogens with one attached hydrogen (secondary N) is 1. The quantitative estimate of drug-likeness (QED) is 0.288. The first-order valence-electron chi connectivity index (χ1n) is 6.62. The third-order valence-electron chi connectivity index (χ3n) is 3.24. The molecule has 0 spiro atoms. The molecule has 0 heterocycles. The Morgan fingerprint density at radius 3 is 2.12 bits per heavy atom. The maximum Gasteiger partial charge on any atom is 0.318 e. The van der Waals surface area contributed by atoms with Gasteiger partial charge in [0.1, 0.15) is 5.69 Å². The van der Waals surface area contributed by atoms with Crippen LogP contribution < -0.4 is 5.32 Å². The van der Waals surface area contributed by atoms with E-state index in [-0.39, 0.29) is 11.3 Å². The molecule has 0 bridgehead atoms. The Bertz CT molecular complexity index is 713. The molecule has 0 saturated heterocycles. The molecule has 0 radical (unpaired) electrons. The van der Waals surface area contributed by atoms with E-state index in [1.54, 1.807) is 0 Å². The minimum Gasteiger partial charge on any atom is -0.481 e. The first-order valence-corrected chi connectivity index (χ1v) is 6.62. The van der Waals surface area contributed by atoms with Gasteiger partial charge in [-0.1, -0.05) is 6.92 Å². The minimum atomic E-state index is -1.98. The summed E-state index contributed by atoms with van der Waals surface area (Å²) in [6.07, 6.45) is 0. The molecule has 0 aromatic heterocycles. The van der Waals surface area contributed by atoms with E-state index < -0.39 is 46.1 Å². The Labute approximate surface area is 135 Å². The van der Waals surface area contributed by atoms with Crippen LogP contribution in [0.1, 0.15) is 24.2 Å². The number of rotatable bonds is 7. The fraction of sp³-hybridized carbons (Fsp3) is 0.286. The molecule has 10 nitrogen and oxygen atoms in total. The van der Waals surface area contributed by atoms with Gasteiger partial charge in [0, 0.05) is 24.5 Å². The van der Waals surface area contributed by atoms with Gasteiger partial charge in [-0.3, -0.25) is 29.3 Å². The Morgan fingerprint density at radius 2 is 1.71 bits per heavy atom. The Hall–Kier alpha value is -3.30. The van der Waals surface area contributed by atoms with Crippen LogP contribution in [0.4, 0.5) is 11.4 Å². The van der Waals surface area contributed by atoms with Crippen LogP contribution in [0.3, 0.4) is 0 Å². The van der Waals surface area contributed by atoms with Gasteiger partial charge in [0.2, 0.25) is 5.91 Å². The number of carbonyl (C=O) groups excluding carboxylic acids is 2. The van der Waals surface area contributed by atoms with Crippen molar-refractivity contribution in [3.63, 3.8) is 0 Å². The van der Waals surface area contributed by atoms with Gasteiger partial charge in [0.25, 0.3) is 5.69 Å². The van der Waals surface area contributed by atoms with Crippen LogP contribution >= 0.6 is 0 Å². The normalized spacial score (nSPS) is 11.6. The molecule has 1 amide bonds. The van der Waals surface area contributed by atoms with Gasteiger partial charge in [-0.2, -0.15) is 0 Å². The highest BCUT2D eigenvalue weighted by Crippen LogP contribution is 2.28. The fourth-order valence-electron chi connectivity index (χ4n) is 2.08. The minimum absolute atomic E-state index is 0.135. The van der Waals surface area contributed by atoms with Crippen molar-refractivity contribution in [1.29, 1.82) is 0 Å². The van der Waals surface area contributed by atoms with E-state index in [2.05, 4.69) is 5.32 Å². The second kappa shape index (κ2) is 7.31. The molecule has 1 rings (SSSR count). The van der Waals surface area contributed by atoms with E-state index in [4.69, 9.17) is 10.2 Å². The molecule has 3 N–H and O–H groups in total. The van der Waals surface area contributed by atoms with E-state index in [1.165, 1.54) is 0 Å². The maximum atomic E-state index is 12.3. The SMILES string of the molecule is CC(=O)Nc1ccc(C(=O)C(C)C(C(=O)O)C(=O)O)cc1[N+](=O)[O-]. The Balaban J connectivity index is 3.26. The lowest BCUT2D eigenvalue weighted by molar-refractivity contribution is -0.384. The van der Waals surface area contributed by atoms with Crippen molar-refractivity contribution in [3.8, 4) is 0 Å². The number of benzene rings is 1. The molecule has 0 aliphatic heterocycles. The van der Waals surface area contributed by atoms with Crippen molar-refractivity contribution in [3.05, 3.63) is 33.9 Å². The molecular weight excluding hydrogens is 324 g/mol. The summed E-state index contributed by atoms with van der Waals surface area (Å²) in [7, 11) is 0. The number of nitrogens with zero attached hydrogens (tertiary/aromatic N) is 1. The lowest BCUT2D eigenvalue weighted by Crippen LogP contribution is -2.34. The predicted octanol–water partition coefficient (Wildman–Crippen LogP) is 1.16. The van der Waals surface area contributed by atoms with Gasteiger partial charge in [-0.25, -0.2) is 0 Å². The molecule has 128 valence electrons. The van der Waals surface area contributed by atoms with Crippen molar-refractivity contribution < 1.29 is 34.3 Å². The first kappa shape index (κ1) is 18.7. The van der Waals surface area contributed by atoms with Gasteiger partial charge in [0.05, 0.1) is 4.92 Å². The van der Waals surface area contributed by atoms with Crippen LogP contribution in [-0.4, -0.2) is 38.8 Å². The van der Waals surface area contributed by atoms with Gasteiger partial charge in [-0.05, 0) is 12.1 Å². The lowest BCUT2D eigenvalue weighted by atomic mass is 9.87. The van der Waals surface area contributed by atoms with Crippen LogP contribution in [0.2, 0.25) is 0 Å². The number of aliphatic carboxylic acids is 2. The molecular formula is C14H14N2O8. The molecule has 0 aliphatic rings. The largest absolute Gasteiger partial charge is 0.481 e. The summed E-state index contributed by atoms with van der Waals surface area (Å²) in [5, 5.41) is 31.1. The van der Waals surface area contributed by atoms with Gasteiger partial charge >= 0.3 is 11.9 Å². The average molecular weight is 338 g/mol. The molecule has 0 fully saturated rings. The molecule has 0 saturated carbocycles. The molecule has 1 aromatic rings. The van der Waals surface area contributed by atoms with E-state index >= 15 is 0 Å². The number of carbonyl (C=O) groups is 4. The topological polar surface area (TPSA) is 164 Å². The lowest BCUT2D eigenvalue weighted by Gasteiger charge is -2.15. The molecule has 10 heteroatoms. The highest BCUT2D eigenvalue weighted by atomic mass is 16.6. The highest BCUT2D eigenvalue weighted by Gasteiger charge is 2.37. The Morgan fingerprint density at radius 1 is 1.17 bits per heavy atom. The average Bonchev–Trinajstić information content (AvgIpc) is 2.45. The van der Waals surface area contributed by atoms with Gasteiger partial charge in [-0.15, -0.1) is 0 Å². The zero-order valence-corrected chi connectivity index (χ0v) is 12.7. The van der Waals surface area contributed by atoms with Crippen molar-refractivity contribution in [2.24, 2.45) is 11.8 Å². The molecule has 1 unspecified atom stereocenters. The molecule has 1 aromatic carbocycles. The van der Waals surface area contributed by atoms with Crippen molar-refractivity contribution in [2.75, 3.05) is 5.32 Å². The van der Waals surface area contributed by atoms with Gasteiger partial charge < -0.3 is 15.5 Å². The molecule has 0 aliphatic carbocycles. The van der Waals surface area contributed by atoms with E-state index in [9.17, 15) is 29.3 Å². The van der Waals surface area contributed by atoms with Crippen LogP contribution in [0.5, 0.6) is 0 Å². The van der Waals surface area contributed by atoms with E-state index in [0.717, 1.165) is 32.0 Å². The molecule has 1 atom stereocenters. The zero-order valence-electron chi connectivity index (χ0n) is 12.7. The number of hydrogen-bond donors (Lipinski definition) is 3. The van der Waals surface area contributed by atoms with Crippen LogP contribution in [0, 0.1) is 22.0 Å². The van der Waals surface area contributed by atoms with Crippen molar-refractivity contribution >= 4 is 35.0 Å².